The highest BCUT2D eigenvalue weighted by Crippen LogP contribution is 2.49. The Labute approximate surface area is 845 Å². The second kappa shape index (κ2) is 42.6. The fourth-order valence-electron chi connectivity index (χ4n) is 20.9. The third-order valence-corrected chi connectivity index (χ3v) is 27.8. The first kappa shape index (κ1) is 97.3. The number of hydrogen-bond donors (Lipinski definition) is 0. The zero-order valence-electron chi connectivity index (χ0n) is 85.9. The van der Waals surface area contributed by atoms with E-state index in [2.05, 4.69) is 539 Å². The summed E-state index contributed by atoms with van der Waals surface area (Å²) in [6.07, 6.45) is 0. The summed E-state index contributed by atoms with van der Waals surface area (Å²) in [4.78, 5) is 11.7. The van der Waals surface area contributed by atoms with Crippen molar-refractivity contribution >= 4 is 119 Å². The van der Waals surface area contributed by atoms with Crippen molar-refractivity contribution in [2.24, 2.45) is 0 Å². The second-order valence-corrected chi connectivity index (χ2v) is 40.1. The van der Waals surface area contributed by atoms with Crippen LogP contribution in [0.1, 0.15) is 182 Å². The van der Waals surface area contributed by atoms with Gasteiger partial charge in [0.25, 0.3) is 0 Å². The topological polar surface area (TPSA) is 62.3 Å². The van der Waals surface area contributed by atoms with Crippen molar-refractivity contribution in [3.8, 4) is 51.0 Å². The number of anilines is 10. The van der Waals surface area contributed by atoms with Crippen LogP contribution in [-0.2, 0) is 0 Å². The number of benzene rings is 17. The van der Waals surface area contributed by atoms with Gasteiger partial charge in [-0.15, -0.1) is 0 Å². The van der Waals surface area contributed by atoms with Crippen LogP contribution in [0.3, 0.4) is 0 Å². The molecule has 0 fully saturated rings. The highest BCUT2D eigenvalue weighted by molar-refractivity contribution is 6.78. The molecule has 0 aromatic heterocycles. The number of hydrogen-bond acceptors (Lipinski definition) is 10. The van der Waals surface area contributed by atoms with Crippen molar-refractivity contribution < 1.29 is 23.3 Å². The van der Waals surface area contributed by atoms with E-state index in [1.54, 1.807) is 0 Å². The summed E-state index contributed by atoms with van der Waals surface area (Å²) in [5.41, 5.74) is 41.8. The lowest BCUT2D eigenvalue weighted by atomic mass is 9.63. The van der Waals surface area contributed by atoms with E-state index < -0.39 is 0 Å². The highest BCUT2D eigenvalue weighted by atomic mass is 16.5. The Balaban J connectivity index is 0.000000118. The molecule has 0 N–H and O–H groups in total. The minimum absolute atomic E-state index is 0.134. The molecule has 17 aromatic rings. The first-order valence-corrected chi connectivity index (χ1v) is 50.5. The summed E-state index contributed by atoms with van der Waals surface area (Å²) in [5, 5.41) is 0. The monoisotopic (exact) mass is 1860 g/mol. The van der Waals surface area contributed by atoms with Gasteiger partial charge in [-0.3, -0.25) is 0 Å². The first-order chi connectivity index (χ1) is 68.7. The molecule has 17 aromatic carbocycles. The van der Waals surface area contributed by atoms with Gasteiger partial charge in [0.2, 0.25) is 0 Å². The molecule has 5 aliphatic heterocycles. The average Bonchev–Trinajstić information content (AvgIpc) is 1.61. The predicted molar refractivity (Wildman–Crippen MR) is 606 cm³/mol. The van der Waals surface area contributed by atoms with Gasteiger partial charge in [-0.05, 0) is 320 Å². The summed E-state index contributed by atoms with van der Waals surface area (Å²) < 4.78 is 33.0. The van der Waals surface area contributed by atoms with Gasteiger partial charge in [-0.25, -0.2) is 0 Å². The van der Waals surface area contributed by atoms with E-state index in [0.717, 1.165) is 91.1 Å². The summed E-state index contributed by atoms with van der Waals surface area (Å²) in [7, 11) is -0.901. The van der Waals surface area contributed by atoms with Crippen LogP contribution in [0.4, 0.5) is 56.9 Å². The Bertz CT molecular complexity index is 7160. The SMILES string of the molecule is Cc1cc(C)c(B2Oc3ccc(C)cc3N2c2ccccc2)c(C)c1.Cc1ccc2c(c1)N(c1ccccc1)B(c1c(-c3ccccc3)cccc1-c1ccccc1)O2.Cc1ccc2c(c1)N(c1ccccc1)B(c1c(C(C)C)cc(C(C)C)cc1C(C)C)O2.Cc1ccc2c(c1)N(c1ccccc1)B(c1c(C(C)C)cccc1C(C)C)O2.Cc1ccc2c(c1)N(c1ccccc1)B(c1c(C)cccc1C)O2. The van der Waals surface area contributed by atoms with Gasteiger partial charge < -0.3 is 47.3 Å². The molecule has 0 saturated carbocycles. The first-order valence-electron chi connectivity index (χ1n) is 50.5. The number of fused-ring (bicyclic) bond motifs is 5. The molecule has 0 unspecified atom stereocenters. The minimum atomic E-state index is -0.300. The number of aryl methyl sites for hydroxylation is 10. The average molecular weight is 1860 g/mol. The van der Waals surface area contributed by atoms with Crippen LogP contribution in [0.15, 0.2) is 382 Å². The quantitative estimate of drug-likeness (QED) is 0.0824. The van der Waals surface area contributed by atoms with Crippen LogP contribution in [0.25, 0.3) is 22.3 Å². The molecule has 0 amide bonds. The molecule has 5 aliphatic rings. The van der Waals surface area contributed by atoms with Gasteiger partial charge in [0, 0.05) is 33.9 Å². The Morgan fingerprint density at radius 1 is 0.183 bits per heavy atom. The fraction of sp³-hybridized carbons (Fsp3) is 0.197. The Morgan fingerprint density at radius 2 is 0.415 bits per heavy atom. The van der Waals surface area contributed by atoms with E-state index in [9.17, 15) is 0 Å². The molecule has 706 valence electrons. The zero-order valence-corrected chi connectivity index (χ0v) is 85.9. The summed E-state index contributed by atoms with van der Waals surface area (Å²) in [6, 6.07) is 135. The standard InChI is InChI=1S/C31H24BNO.C28H34BNO.C25H28BNO.C22H22BNO.C21H20BNO/c1-23-20-21-30-29(22-23)33(26-16-9-4-10-17-26)32(34-30)31-27(24-12-5-2-6-13-24)18-11-19-28(31)25-14-7-3-8-15-25;1-18(2)22-16-24(19(3)4)28(25(17-22)20(5)6)29-30(23-11-9-8-10-12-23)26-15-21(7)13-14-27(26)31-29;1-17(2)21-12-9-13-22(18(3)4)25(21)26-27(20-10-7-6-8-11-20)23-16-19(5)14-15-24(23)28-26;1-15-10-11-21-20(14-15)24(19-8-6-5-7-9-19)23(25-21)22-17(3)12-16(2)13-18(22)4;1-15-12-13-20-19(14-15)23(18-10-5-4-6-11-18)22(24-20)21-16(2)8-7-9-17(21)3/h2-22H,1H3;8-20H,1-7H3;6-18H,1-5H3;5-14H,1-4H3;4-14H,1-3H3. The second-order valence-electron chi connectivity index (χ2n) is 40.1. The number of rotatable bonds is 17. The van der Waals surface area contributed by atoms with Crippen LogP contribution in [-0.4, -0.2) is 35.3 Å². The zero-order chi connectivity index (χ0) is 99.3. The number of para-hydroxylation sites is 5. The Kier molecular flexibility index (Phi) is 29.2. The molecule has 0 aliphatic carbocycles. The maximum Gasteiger partial charge on any atom is 0.525 e. The summed E-state index contributed by atoms with van der Waals surface area (Å²) in [6.45, 7) is 44.3. The minimum Gasteiger partial charge on any atom is -0.536 e. The van der Waals surface area contributed by atoms with Crippen molar-refractivity contribution in [2.75, 3.05) is 24.1 Å². The fourth-order valence-corrected chi connectivity index (χ4v) is 20.9. The largest absolute Gasteiger partial charge is 0.536 e. The Morgan fingerprint density at radius 3 is 0.683 bits per heavy atom. The Hall–Kier alpha value is -14.9. The van der Waals surface area contributed by atoms with Crippen molar-refractivity contribution in [3.63, 3.8) is 0 Å². The van der Waals surface area contributed by atoms with Gasteiger partial charge in [-0.1, -0.05) is 358 Å². The van der Waals surface area contributed by atoms with E-state index in [1.165, 1.54) is 128 Å². The van der Waals surface area contributed by atoms with Crippen LogP contribution >= 0.6 is 0 Å². The third-order valence-electron chi connectivity index (χ3n) is 27.8. The summed E-state index contributed by atoms with van der Waals surface area (Å²) in [5.74, 6) is 6.89. The van der Waals surface area contributed by atoms with E-state index in [-0.39, 0.29) is 35.3 Å². The van der Waals surface area contributed by atoms with Gasteiger partial charge in [0.05, 0.1) is 28.4 Å². The van der Waals surface area contributed by atoms with Crippen LogP contribution in [0.5, 0.6) is 28.7 Å². The van der Waals surface area contributed by atoms with Gasteiger partial charge >= 0.3 is 35.3 Å². The van der Waals surface area contributed by atoms with Crippen molar-refractivity contribution in [3.05, 3.63) is 466 Å². The van der Waals surface area contributed by atoms with E-state index in [0.29, 0.717) is 29.6 Å². The molecule has 15 heteroatoms. The van der Waals surface area contributed by atoms with Crippen LogP contribution in [0.2, 0.25) is 0 Å². The van der Waals surface area contributed by atoms with Gasteiger partial charge in [0.15, 0.2) is 0 Å². The maximum absolute atomic E-state index is 6.77. The van der Waals surface area contributed by atoms with Crippen LogP contribution in [0, 0.1) is 69.2 Å². The molecule has 0 bridgehead atoms. The summed E-state index contributed by atoms with van der Waals surface area (Å²) >= 11 is 0. The van der Waals surface area contributed by atoms with Gasteiger partial charge in [0.1, 0.15) is 28.7 Å². The molecule has 0 atom stereocenters. The molecular weight excluding hydrogens is 1730 g/mol. The third kappa shape index (κ3) is 20.3. The molecule has 22 rings (SSSR count). The lowest BCUT2D eigenvalue weighted by Gasteiger charge is -2.29. The molecule has 0 spiro atoms. The molecule has 10 nitrogen and oxygen atoms in total. The van der Waals surface area contributed by atoms with Crippen molar-refractivity contribution in [1.29, 1.82) is 0 Å². The highest BCUT2D eigenvalue weighted by Gasteiger charge is 2.48. The smallest absolute Gasteiger partial charge is 0.525 e. The maximum atomic E-state index is 6.77. The lowest BCUT2D eigenvalue weighted by Crippen LogP contribution is -2.50. The molecule has 142 heavy (non-hydrogen) atoms. The van der Waals surface area contributed by atoms with E-state index >= 15 is 0 Å². The van der Waals surface area contributed by atoms with Crippen molar-refractivity contribution in [2.45, 2.75) is 168 Å². The van der Waals surface area contributed by atoms with Crippen molar-refractivity contribution in [1.82, 2.24) is 0 Å². The number of nitrogens with zero attached hydrogens (tertiary/aromatic N) is 5. The molecule has 0 radical (unpaired) electrons. The molecular formula is C127H128B5N5O5. The normalized spacial score (nSPS) is 13.0. The van der Waals surface area contributed by atoms with E-state index in [1.807, 2.05) is 6.07 Å². The lowest BCUT2D eigenvalue weighted by molar-refractivity contribution is 0.601. The molecule has 0 saturated heterocycles. The predicted octanol–water partition coefficient (Wildman–Crippen LogP) is 30.1. The van der Waals surface area contributed by atoms with E-state index in [4.69, 9.17) is 23.3 Å². The van der Waals surface area contributed by atoms with Crippen LogP contribution < -0.4 is 74.6 Å². The van der Waals surface area contributed by atoms with Gasteiger partial charge in [-0.2, -0.15) is 0 Å². The molecule has 5 heterocycles.